The first-order chi connectivity index (χ1) is 16.0. The molecule has 0 unspecified atom stereocenters. The summed E-state index contributed by atoms with van der Waals surface area (Å²) in [6.45, 7) is 0. The number of thiocarbonyl (C=S) groups is 1. The Morgan fingerprint density at radius 1 is 0.970 bits per heavy atom. The number of anilines is 1. The van der Waals surface area contributed by atoms with Crippen LogP contribution in [0.4, 0.5) is 5.69 Å². The molecule has 5 aromatic rings. The van der Waals surface area contributed by atoms with Crippen molar-refractivity contribution in [3.05, 3.63) is 87.7 Å². The highest BCUT2D eigenvalue weighted by Crippen LogP contribution is 2.30. The van der Waals surface area contributed by atoms with E-state index in [0.717, 1.165) is 22.6 Å². The highest BCUT2D eigenvalue weighted by atomic mass is 35.5. The van der Waals surface area contributed by atoms with E-state index in [1.54, 1.807) is 54.6 Å². The van der Waals surface area contributed by atoms with Gasteiger partial charge in [0.05, 0.1) is 22.3 Å². The summed E-state index contributed by atoms with van der Waals surface area (Å²) < 4.78 is 13.6. The molecule has 0 aliphatic rings. The molecule has 7 nitrogen and oxygen atoms in total. The van der Waals surface area contributed by atoms with Crippen LogP contribution >= 0.6 is 35.5 Å². The van der Waals surface area contributed by atoms with Gasteiger partial charge in [-0.1, -0.05) is 35.9 Å². The molecule has 1 amide bonds. The molecule has 5 rings (SSSR count). The number of amides is 1. The molecule has 0 spiro atoms. The van der Waals surface area contributed by atoms with Crippen LogP contribution in [0.3, 0.4) is 0 Å². The smallest absolute Gasteiger partial charge is 0.344 e. The van der Waals surface area contributed by atoms with Crippen LogP contribution in [0.15, 0.2) is 75.9 Å². The topological polar surface area (TPSA) is 97.1 Å². The average Bonchev–Trinajstić information content (AvgIpc) is 3.27. The van der Waals surface area contributed by atoms with Gasteiger partial charge in [-0.3, -0.25) is 10.1 Å². The third kappa shape index (κ3) is 4.34. The van der Waals surface area contributed by atoms with Gasteiger partial charge in [0.2, 0.25) is 0 Å². The lowest BCUT2D eigenvalue weighted by atomic mass is 10.1. The van der Waals surface area contributed by atoms with E-state index in [9.17, 15) is 9.59 Å². The van der Waals surface area contributed by atoms with Crippen molar-refractivity contribution in [2.45, 2.75) is 0 Å². The fourth-order valence-electron chi connectivity index (χ4n) is 3.32. The molecule has 0 fully saturated rings. The van der Waals surface area contributed by atoms with E-state index in [0.29, 0.717) is 38.5 Å². The molecule has 2 N–H and O–H groups in total. The Kier molecular flexibility index (Phi) is 5.59. The molecular formula is C23H13ClN4O3S2. The number of nitrogens with zero attached hydrogens (tertiary/aromatic N) is 2. The Morgan fingerprint density at radius 3 is 2.64 bits per heavy atom. The van der Waals surface area contributed by atoms with Crippen molar-refractivity contribution in [1.82, 2.24) is 14.1 Å². The number of halogens is 1. The van der Waals surface area contributed by atoms with E-state index in [-0.39, 0.29) is 11.0 Å². The molecule has 2 heterocycles. The van der Waals surface area contributed by atoms with E-state index >= 15 is 0 Å². The molecule has 0 saturated carbocycles. The summed E-state index contributed by atoms with van der Waals surface area (Å²) in [5.74, 6) is -0.376. The molecule has 0 aliphatic carbocycles. The Morgan fingerprint density at radius 2 is 1.79 bits per heavy atom. The van der Waals surface area contributed by atoms with Crippen LogP contribution in [0.2, 0.25) is 5.02 Å². The number of carbonyl (C=O) groups is 1. The molecule has 2 aromatic heterocycles. The molecule has 0 atom stereocenters. The lowest BCUT2D eigenvalue weighted by Gasteiger charge is -2.11. The largest absolute Gasteiger partial charge is 0.422 e. The van der Waals surface area contributed by atoms with Gasteiger partial charge in [0.1, 0.15) is 16.6 Å². The second-order valence-electron chi connectivity index (χ2n) is 7.06. The number of benzene rings is 3. The fraction of sp³-hybridized carbons (Fsp3) is 0. The molecule has 0 saturated heterocycles. The number of fused-ring (bicyclic) bond motifs is 2. The third-order valence-electron chi connectivity index (χ3n) is 4.90. The summed E-state index contributed by atoms with van der Waals surface area (Å²) in [6.07, 6.45) is 0. The molecular weight excluding hydrogens is 480 g/mol. The molecule has 0 aliphatic heterocycles. The first-order valence-corrected chi connectivity index (χ1v) is 11.2. The number of carbonyl (C=O) groups excluding carboxylic acids is 1. The number of hydrogen-bond donors (Lipinski definition) is 2. The van der Waals surface area contributed by atoms with E-state index in [1.807, 2.05) is 12.1 Å². The number of aromatic nitrogens is 2. The van der Waals surface area contributed by atoms with Crippen molar-refractivity contribution >= 4 is 74.3 Å². The van der Waals surface area contributed by atoms with Crippen LogP contribution in [0, 0.1) is 0 Å². The first kappa shape index (κ1) is 21.2. The predicted molar refractivity (Wildman–Crippen MR) is 134 cm³/mol. The standard InChI is InChI=1S/C23H13ClN4O3S2/c24-17-11-14(6-7-15(17)16-9-12-3-1-2-4-20(12)31-22(16)30)25-23(32)26-21(29)13-5-8-18-19(10-13)28-33-27-18/h1-11H,(H2,25,26,29,32). The van der Waals surface area contributed by atoms with Gasteiger partial charge >= 0.3 is 5.63 Å². The van der Waals surface area contributed by atoms with Gasteiger partial charge in [-0.05, 0) is 54.7 Å². The minimum absolute atomic E-state index is 0.102. The van der Waals surface area contributed by atoms with Crippen molar-refractivity contribution in [3.63, 3.8) is 0 Å². The quantitative estimate of drug-likeness (QED) is 0.262. The maximum atomic E-state index is 12.5. The predicted octanol–water partition coefficient (Wildman–Crippen LogP) is 5.24. The van der Waals surface area contributed by atoms with Crippen LogP contribution in [0.5, 0.6) is 0 Å². The zero-order chi connectivity index (χ0) is 22.9. The summed E-state index contributed by atoms with van der Waals surface area (Å²) >= 11 is 12.8. The van der Waals surface area contributed by atoms with Gasteiger partial charge in [0.15, 0.2) is 5.11 Å². The maximum Gasteiger partial charge on any atom is 0.344 e. The van der Waals surface area contributed by atoms with Gasteiger partial charge in [0.25, 0.3) is 5.91 Å². The van der Waals surface area contributed by atoms with E-state index in [1.165, 1.54) is 0 Å². The normalized spacial score (nSPS) is 10.9. The molecule has 33 heavy (non-hydrogen) atoms. The Balaban J connectivity index is 1.33. The van der Waals surface area contributed by atoms with E-state index in [4.69, 9.17) is 28.2 Å². The Bertz CT molecular complexity index is 1610. The van der Waals surface area contributed by atoms with Crippen LogP contribution < -0.4 is 16.3 Å². The van der Waals surface area contributed by atoms with Crippen molar-refractivity contribution < 1.29 is 9.21 Å². The second-order valence-corrected chi connectivity index (χ2v) is 8.40. The van der Waals surface area contributed by atoms with Gasteiger partial charge in [0, 0.05) is 22.2 Å². The van der Waals surface area contributed by atoms with Crippen LogP contribution in [0.25, 0.3) is 33.1 Å². The Hall–Kier alpha value is -3.66. The number of rotatable bonds is 3. The summed E-state index contributed by atoms with van der Waals surface area (Å²) in [6, 6.07) is 19.1. The highest BCUT2D eigenvalue weighted by molar-refractivity contribution is 7.80. The number of nitrogens with one attached hydrogen (secondary N) is 2. The van der Waals surface area contributed by atoms with Gasteiger partial charge in [-0.15, -0.1) is 0 Å². The van der Waals surface area contributed by atoms with Crippen LogP contribution in [-0.2, 0) is 0 Å². The van der Waals surface area contributed by atoms with Gasteiger partial charge in [-0.25, -0.2) is 4.79 Å². The summed E-state index contributed by atoms with van der Waals surface area (Å²) in [7, 11) is 0. The summed E-state index contributed by atoms with van der Waals surface area (Å²) in [5, 5.41) is 6.78. The third-order valence-corrected chi connectivity index (χ3v) is 5.98. The van der Waals surface area contributed by atoms with Crippen molar-refractivity contribution in [2.75, 3.05) is 5.32 Å². The lowest BCUT2D eigenvalue weighted by Crippen LogP contribution is -2.34. The molecule has 10 heteroatoms. The first-order valence-electron chi connectivity index (χ1n) is 9.65. The second kappa shape index (κ2) is 8.70. The Labute approximate surface area is 201 Å². The van der Waals surface area contributed by atoms with Crippen molar-refractivity contribution in [1.29, 1.82) is 0 Å². The minimum Gasteiger partial charge on any atom is -0.422 e. The SMILES string of the molecule is O=C(NC(=S)Nc1ccc(-c2cc3ccccc3oc2=O)c(Cl)c1)c1ccc2nsnc2c1. The van der Waals surface area contributed by atoms with Crippen LogP contribution in [-0.4, -0.2) is 19.8 Å². The van der Waals surface area contributed by atoms with Crippen molar-refractivity contribution in [2.24, 2.45) is 0 Å². The van der Waals surface area contributed by atoms with Crippen molar-refractivity contribution in [3.8, 4) is 11.1 Å². The lowest BCUT2D eigenvalue weighted by molar-refractivity contribution is 0.0978. The summed E-state index contributed by atoms with van der Waals surface area (Å²) in [5.41, 5.74) is 3.25. The van der Waals surface area contributed by atoms with Crippen LogP contribution in [0.1, 0.15) is 10.4 Å². The summed E-state index contributed by atoms with van der Waals surface area (Å²) in [4.78, 5) is 25.0. The molecule has 3 aromatic carbocycles. The number of para-hydroxylation sites is 1. The monoisotopic (exact) mass is 492 g/mol. The highest BCUT2D eigenvalue weighted by Gasteiger charge is 2.13. The fourth-order valence-corrected chi connectivity index (χ4v) is 4.33. The maximum absolute atomic E-state index is 12.5. The van der Waals surface area contributed by atoms with Gasteiger partial charge in [-0.2, -0.15) is 8.75 Å². The zero-order valence-electron chi connectivity index (χ0n) is 16.7. The number of hydrogen-bond acceptors (Lipinski definition) is 7. The minimum atomic E-state index is -0.480. The van der Waals surface area contributed by atoms with E-state index in [2.05, 4.69) is 19.4 Å². The average molecular weight is 493 g/mol. The van der Waals surface area contributed by atoms with Gasteiger partial charge < -0.3 is 9.73 Å². The zero-order valence-corrected chi connectivity index (χ0v) is 19.1. The van der Waals surface area contributed by atoms with E-state index < -0.39 is 5.63 Å². The molecule has 0 bridgehead atoms. The molecule has 0 radical (unpaired) electrons. The molecule has 162 valence electrons.